The predicted molar refractivity (Wildman–Crippen MR) is 77.9 cm³/mol. The third-order valence-corrected chi connectivity index (χ3v) is 4.30. The number of nitrogens with zero attached hydrogens (tertiary/aromatic N) is 4. The standard InChI is InChI=1S/C12H19N7O2/c1-7-10(19(20)21)11(16-12(14-7)17-13)15-8-4-6-18-5-2-3-9(8)18/h8-9H,2-6,13H2,1H3,(H2,14,15,16,17). The van der Waals surface area contributed by atoms with Gasteiger partial charge >= 0.3 is 5.69 Å². The summed E-state index contributed by atoms with van der Waals surface area (Å²) in [5, 5.41) is 14.5. The number of hydrogen-bond donors (Lipinski definition) is 3. The van der Waals surface area contributed by atoms with Crippen LogP contribution in [0, 0.1) is 17.0 Å². The van der Waals surface area contributed by atoms with Crippen molar-refractivity contribution in [3.63, 3.8) is 0 Å². The summed E-state index contributed by atoms with van der Waals surface area (Å²) in [7, 11) is 0. The summed E-state index contributed by atoms with van der Waals surface area (Å²) in [5.41, 5.74) is 2.57. The van der Waals surface area contributed by atoms with E-state index in [0.717, 1.165) is 25.9 Å². The number of nitrogen functional groups attached to an aromatic ring is 1. The van der Waals surface area contributed by atoms with Gasteiger partial charge in [-0.3, -0.25) is 20.4 Å². The third-order valence-electron chi connectivity index (χ3n) is 4.30. The van der Waals surface area contributed by atoms with Crippen LogP contribution in [-0.2, 0) is 0 Å². The quantitative estimate of drug-likeness (QED) is 0.419. The SMILES string of the molecule is Cc1nc(NN)nc(NC2CCN3CCCC23)c1[N+](=O)[O-]. The fraction of sp³-hybridized carbons (Fsp3) is 0.667. The van der Waals surface area contributed by atoms with E-state index in [1.54, 1.807) is 6.92 Å². The van der Waals surface area contributed by atoms with E-state index < -0.39 is 4.92 Å². The molecule has 4 N–H and O–H groups in total. The Balaban J connectivity index is 1.90. The topological polar surface area (TPSA) is 122 Å². The lowest BCUT2D eigenvalue weighted by Crippen LogP contribution is -2.34. The molecule has 2 fully saturated rings. The Hall–Kier alpha value is -2.00. The second kappa shape index (κ2) is 5.41. The second-order valence-corrected chi connectivity index (χ2v) is 5.52. The number of rotatable bonds is 4. The molecule has 0 saturated carbocycles. The smallest absolute Gasteiger partial charge is 0.332 e. The van der Waals surface area contributed by atoms with Crippen LogP contribution >= 0.6 is 0 Å². The van der Waals surface area contributed by atoms with Crippen molar-refractivity contribution in [1.29, 1.82) is 0 Å². The molecular formula is C12H19N7O2. The zero-order valence-corrected chi connectivity index (χ0v) is 11.9. The van der Waals surface area contributed by atoms with Crippen LogP contribution in [-0.4, -0.2) is 45.0 Å². The summed E-state index contributed by atoms with van der Waals surface area (Å²) in [6, 6.07) is 0.625. The molecule has 1 aromatic heterocycles. The second-order valence-electron chi connectivity index (χ2n) is 5.52. The Morgan fingerprint density at radius 3 is 2.90 bits per heavy atom. The molecule has 0 radical (unpaired) electrons. The summed E-state index contributed by atoms with van der Waals surface area (Å²) in [6.07, 6.45) is 3.27. The first-order valence-corrected chi connectivity index (χ1v) is 7.10. The highest BCUT2D eigenvalue weighted by Gasteiger charge is 2.38. The molecule has 9 nitrogen and oxygen atoms in total. The van der Waals surface area contributed by atoms with Crippen LogP contribution in [0.15, 0.2) is 0 Å². The molecule has 2 aliphatic rings. The molecular weight excluding hydrogens is 274 g/mol. The van der Waals surface area contributed by atoms with Gasteiger partial charge in [-0.15, -0.1) is 0 Å². The number of aryl methyl sites for hydroxylation is 1. The lowest BCUT2D eigenvalue weighted by molar-refractivity contribution is -0.385. The van der Waals surface area contributed by atoms with Crippen molar-refractivity contribution in [2.75, 3.05) is 23.8 Å². The minimum absolute atomic E-state index is 0.0783. The first-order chi connectivity index (χ1) is 10.1. The predicted octanol–water partition coefficient (Wildman–Crippen LogP) is 0.627. The van der Waals surface area contributed by atoms with Gasteiger partial charge in [0.25, 0.3) is 0 Å². The molecule has 0 bridgehead atoms. The number of aromatic nitrogens is 2. The Bertz CT molecular complexity index is 565. The molecule has 2 saturated heterocycles. The molecule has 21 heavy (non-hydrogen) atoms. The van der Waals surface area contributed by atoms with Gasteiger partial charge in [0.15, 0.2) is 0 Å². The first-order valence-electron chi connectivity index (χ1n) is 7.10. The largest absolute Gasteiger partial charge is 0.360 e. The molecule has 9 heteroatoms. The van der Waals surface area contributed by atoms with Crippen LogP contribution < -0.4 is 16.6 Å². The van der Waals surface area contributed by atoms with Gasteiger partial charge in [0.05, 0.1) is 4.92 Å². The van der Waals surface area contributed by atoms with E-state index in [4.69, 9.17) is 5.84 Å². The first kappa shape index (κ1) is 14.0. The van der Waals surface area contributed by atoms with E-state index in [-0.39, 0.29) is 23.5 Å². The number of hydrogen-bond acceptors (Lipinski definition) is 8. The van der Waals surface area contributed by atoms with Crippen molar-refractivity contribution in [2.45, 2.75) is 38.3 Å². The van der Waals surface area contributed by atoms with E-state index in [2.05, 4.69) is 25.6 Å². The summed E-state index contributed by atoms with van der Waals surface area (Å²) in [6.45, 7) is 3.73. The van der Waals surface area contributed by atoms with Crippen molar-refractivity contribution in [2.24, 2.45) is 5.84 Å². The Morgan fingerprint density at radius 1 is 1.38 bits per heavy atom. The van der Waals surface area contributed by atoms with Crippen LogP contribution in [0.4, 0.5) is 17.5 Å². The lowest BCUT2D eigenvalue weighted by Gasteiger charge is -2.21. The van der Waals surface area contributed by atoms with E-state index in [1.165, 1.54) is 6.42 Å². The van der Waals surface area contributed by atoms with Gasteiger partial charge in [-0.1, -0.05) is 0 Å². The van der Waals surface area contributed by atoms with Gasteiger partial charge in [-0.25, -0.2) is 10.8 Å². The van der Waals surface area contributed by atoms with E-state index in [1.807, 2.05) is 0 Å². The molecule has 0 spiro atoms. The Labute approximate surface area is 122 Å². The zero-order valence-electron chi connectivity index (χ0n) is 11.9. The van der Waals surface area contributed by atoms with E-state index in [0.29, 0.717) is 11.7 Å². The molecule has 114 valence electrons. The average Bonchev–Trinajstić information content (AvgIpc) is 3.02. The number of anilines is 2. The van der Waals surface area contributed by atoms with Gasteiger partial charge in [0.1, 0.15) is 5.69 Å². The van der Waals surface area contributed by atoms with Crippen molar-refractivity contribution in [1.82, 2.24) is 14.9 Å². The van der Waals surface area contributed by atoms with E-state index in [9.17, 15) is 10.1 Å². The minimum Gasteiger partial charge on any atom is -0.360 e. The number of fused-ring (bicyclic) bond motifs is 1. The minimum atomic E-state index is -0.445. The van der Waals surface area contributed by atoms with Gasteiger partial charge in [0.2, 0.25) is 11.8 Å². The highest BCUT2D eigenvalue weighted by molar-refractivity contribution is 5.61. The van der Waals surface area contributed by atoms with Crippen LogP contribution in [0.1, 0.15) is 25.0 Å². The molecule has 2 atom stereocenters. The molecule has 2 unspecified atom stereocenters. The summed E-state index contributed by atoms with van der Waals surface area (Å²) < 4.78 is 0. The summed E-state index contributed by atoms with van der Waals surface area (Å²) in [4.78, 5) is 21.4. The van der Waals surface area contributed by atoms with Gasteiger partial charge in [0, 0.05) is 18.6 Å². The third kappa shape index (κ3) is 2.49. The molecule has 3 rings (SSSR count). The highest BCUT2D eigenvalue weighted by atomic mass is 16.6. The zero-order chi connectivity index (χ0) is 15.0. The molecule has 2 aliphatic heterocycles. The van der Waals surface area contributed by atoms with Crippen molar-refractivity contribution in [3.05, 3.63) is 15.8 Å². The molecule has 0 aromatic carbocycles. The summed E-state index contributed by atoms with van der Waals surface area (Å²) in [5.74, 6) is 5.76. The maximum absolute atomic E-state index is 11.3. The number of nitrogens with one attached hydrogen (secondary N) is 2. The normalized spacial score (nSPS) is 24.9. The fourth-order valence-corrected chi connectivity index (χ4v) is 3.38. The lowest BCUT2D eigenvalue weighted by atomic mass is 10.1. The van der Waals surface area contributed by atoms with Crippen LogP contribution in [0.2, 0.25) is 0 Å². The molecule has 0 amide bonds. The van der Waals surface area contributed by atoms with Gasteiger partial charge in [-0.2, -0.15) is 4.98 Å². The van der Waals surface area contributed by atoms with E-state index >= 15 is 0 Å². The van der Waals surface area contributed by atoms with Crippen molar-refractivity contribution in [3.8, 4) is 0 Å². The number of nitro groups is 1. The van der Waals surface area contributed by atoms with Crippen LogP contribution in [0.3, 0.4) is 0 Å². The number of hydrazine groups is 1. The van der Waals surface area contributed by atoms with Crippen molar-refractivity contribution < 1.29 is 4.92 Å². The highest BCUT2D eigenvalue weighted by Crippen LogP contribution is 2.33. The summed E-state index contributed by atoms with van der Waals surface area (Å²) >= 11 is 0. The fourth-order valence-electron chi connectivity index (χ4n) is 3.38. The monoisotopic (exact) mass is 293 g/mol. The Morgan fingerprint density at radius 2 is 2.19 bits per heavy atom. The molecule has 3 heterocycles. The molecule has 1 aromatic rings. The van der Waals surface area contributed by atoms with Crippen LogP contribution in [0.5, 0.6) is 0 Å². The maximum Gasteiger partial charge on any atom is 0.332 e. The van der Waals surface area contributed by atoms with Gasteiger partial charge in [-0.05, 0) is 32.7 Å². The van der Waals surface area contributed by atoms with Crippen LogP contribution in [0.25, 0.3) is 0 Å². The maximum atomic E-state index is 11.3. The van der Waals surface area contributed by atoms with Crippen molar-refractivity contribution >= 4 is 17.5 Å². The molecule has 0 aliphatic carbocycles. The Kier molecular flexibility index (Phi) is 3.60. The average molecular weight is 293 g/mol. The number of nitrogens with two attached hydrogens (primary N) is 1. The van der Waals surface area contributed by atoms with Gasteiger partial charge < -0.3 is 5.32 Å².